The standard InChI is InChI=1S/C20H12F7N3O2/c21-14-3-1-11(2-4-14)10-30-17(31)6-5-16(29-30)18(32)28-15-8-12(19(22,23)24)7-13(9-15)20(25,26)27/h1-9H,10H2,(H,28,32). The van der Waals surface area contributed by atoms with Gasteiger partial charge in [0.25, 0.3) is 11.5 Å². The first-order valence-corrected chi connectivity index (χ1v) is 8.76. The molecular formula is C20H12F7N3O2. The summed E-state index contributed by atoms with van der Waals surface area (Å²) in [6.45, 7) is -0.151. The lowest BCUT2D eigenvalue weighted by Crippen LogP contribution is -2.26. The van der Waals surface area contributed by atoms with Crippen molar-refractivity contribution in [2.75, 3.05) is 5.32 Å². The Morgan fingerprint density at radius 2 is 1.44 bits per heavy atom. The molecule has 1 amide bonds. The van der Waals surface area contributed by atoms with Crippen LogP contribution in [0.25, 0.3) is 0 Å². The smallest absolute Gasteiger partial charge is 0.321 e. The Morgan fingerprint density at radius 1 is 0.875 bits per heavy atom. The highest BCUT2D eigenvalue weighted by Crippen LogP contribution is 2.37. The second-order valence-electron chi connectivity index (χ2n) is 6.59. The highest BCUT2D eigenvalue weighted by molar-refractivity contribution is 6.02. The molecule has 0 aliphatic heterocycles. The second-order valence-corrected chi connectivity index (χ2v) is 6.59. The van der Waals surface area contributed by atoms with Crippen LogP contribution in [0.2, 0.25) is 0 Å². The van der Waals surface area contributed by atoms with Gasteiger partial charge < -0.3 is 5.32 Å². The fourth-order valence-corrected chi connectivity index (χ4v) is 2.67. The highest BCUT2D eigenvalue weighted by atomic mass is 19.4. The lowest BCUT2D eigenvalue weighted by molar-refractivity contribution is -0.143. The van der Waals surface area contributed by atoms with Gasteiger partial charge in [0, 0.05) is 11.8 Å². The summed E-state index contributed by atoms with van der Waals surface area (Å²) in [5.74, 6) is -1.65. The van der Waals surface area contributed by atoms with E-state index in [1.165, 1.54) is 12.1 Å². The highest BCUT2D eigenvalue weighted by Gasteiger charge is 2.37. The molecule has 0 unspecified atom stereocenters. The lowest BCUT2D eigenvalue weighted by Gasteiger charge is -2.15. The fraction of sp³-hybridized carbons (Fsp3) is 0.150. The number of amides is 1. The summed E-state index contributed by atoms with van der Waals surface area (Å²) in [6.07, 6.45) is -10.2. The van der Waals surface area contributed by atoms with E-state index in [9.17, 15) is 40.3 Å². The lowest BCUT2D eigenvalue weighted by atomic mass is 10.1. The Labute approximate surface area is 175 Å². The minimum absolute atomic E-state index is 0.0726. The molecule has 12 heteroatoms. The molecule has 0 saturated heterocycles. The van der Waals surface area contributed by atoms with Gasteiger partial charge in [0.15, 0.2) is 0 Å². The fourth-order valence-electron chi connectivity index (χ4n) is 2.67. The van der Waals surface area contributed by atoms with Crippen LogP contribution in [0.1, 0.15) is 27.2 Å². The van der Waals surface area contributed by atoms with Crippen LogP contribution in [-0.4, -0.2) is 15.7 Å². The molecular weight excluding hydrogens is 447 g/mol. The van der Waals surface area contributed by atoms with E-state index in [0.29, 0.717) is 17.7 Å². The van der Waals surface area contributed by atoms with E-state index in [-0.39, 0.29) is 12.6 Å². The number of hydrogen-bond donors (Lipinski definition) is 1. The molecule has 3 rings (SSSR count). The molecule has 0 spiro atoms. The van der Waals surface area contributed by atoms with Crippen molar-refractivity contribution in [2.24, 2.45) is 0 Å². The maximum absolute atomic E-state index is 13.0. The van der Waals surface area contributed by atoms with Gasteiger partial charge in [0.05, 0.1) is 17.7 Å². The number of rotatable bonds is 4. The van der Waals surface area contributed by atoms with Gasteiger partial charge in [-0.2, -0.15) is 31.4 Å². The largest absolute Gasteiger partial charge is 0.416 e. The maximum Gasteiger partial charge on any atom is 0.416 e. The summed E-state index contributed by atoms with van der Waals surface area (Å²) < 4.78 is 91.7. The van der Waals surface area contributed by atoms with Crippen LogP contribution < -0.4 is 10.9 Å². The van der Waals surface area contributed by atoms with E-state index in [1.54, 1.807) is 0 Å². The van der Waals surface area contributed by atoms with Crippen molar-refractivity contribution in [3.05, 3.63) is 93.2 Å². The van der Waals surface area contributed by atoms with Crippen molar-refractivity contribution in [1.82, 2.24) is 9.78 Å². The number of halogens is 7. The third-order valence-corrected chi connectivity index (χ3v) is 4.19. The molecule has 0 atom stereocenters. The van der Waals surface area contributed by atoms with E-state index < -0.39 is 52.1 Å². The molecule has 0 radical (unpaired) electrons. The molecule has 3 aromatic rings. The number of alkyl halides is 6. The van der Waals surface area contributed by atoms with Gasteiger partial charge in [-0.3, -0.25) is 9.59 Å². The quantitative estimate of drug-likeness (QED) is 0.575. The van der Waals surface area contributed by atoms with Crippen LogP contribution in [-0.2, 0) is 18.9 Å². The third-order valence-electron chi connectivity index (χ3n) is 4.19. The van der Waals surface area contributed by atoms with Crippen LogP contribution >= 0.6 is 0 Å². The zero-order chi connectivity index (χ0) is 23.7. The zero-order valence-electron chi connectivity index (χ0n) is 15.8. The van der Waals surface area contributed by atoms with E-state index >= 15 is 0 Å². The van der Waals surface area contributed by atoms with Gasteiger partial charge in [0.1, 0.15) is 11.5 Å². The van der Waals surface area contributed by atoms with Crippen molar-refractivity contribution in [2.45, 2.75) is 18.9 Å². The van der Waals surface area contributed by atoms with Gasteiger partial charge in [0.2, 0.25) is 0 Å². The number of anilines is 1. The van der Waals surface area contributed by atoms with Crippen LogP contribution in [0, 0.1) is 5.82 Å². The SMILES string of the molecule is O=C(Nc1cc(C(F)(F)F)cc(C(F)(F)F)c1)c1ccc(=O)n(Cc2ccc(F)cc2)n1. The summed E-state index contributed by atoms with van der Waals surface area (Å²) in [5, 5.41) is 5.72. The molecule has 32 heavy (non-hydrogen) atoms. The first-order chi connectivity index (χ1) is 14.8. The number of aromatic nitrogens is 2. The van der Waals surface area contributed by atoms with E-state index in [1.807, 2.05) is 5.32 Å². The number of nitrogens with zero attached hydrogens (tertiary/aromatic N) is 2. The summed E-state index contributed by atoms with van der Waals surface area (Å²) in [6, 6.07) is 7.58. The Bertz CT molecular complexity index is 1170. The average Bonchev–Trinajstić information content (AvgIpc) is 2.69. The van der Waals surface area contributed by atoms with Crippen molar-refractivity contribution in [1.29, 1.82) is 0 Å². The summed E-state index contributed by atoms with van der Waals surface area (Å²) in [5.41, 5.74) is -4.56. The molecule has 1 heterocycles. The average molecular weight is 459 g/mol. The molecule has 0 bridgehead atoms. The van der Waals surface area contributed by atoms with Gasteiger partial charge in [-0.25, -0.2) is 9.07 Å². The van der Waals surface area contributed by atoms with Crippen LogP contribution in [0.3, 0.4) is 0 Å². The third kappa shape index (κ3) is 5.50. The summed E-state index contributed by atoms with van der Waals surface area (Å²) in [7, 11) is 0. The van der Waals surface area contributed by atoms with Crippen LogP contribution in [0.5, 0.6) is 0 Å². The first kappa shape index (κ1) is 23.0. The molecule has 2 aromatic carbocycles. The van der Waals surface area contributed by atoms with E-state index in [2.05, 4.69) is 5.10 Å². The van der Waals surface area contributed by atoms with Gasteiger partial charge in [-0.15, -0.1) is 0 Å². The van der Waals surface area contributed by atoms with Crippen molar-refractivity contribution in [3.63, 3.8) is 0 Å². The molecule has 0 fully saturated rings. The molecule has 1 aromatic heterocycles. The number of carbonyl (C=O) groups is 1. The molecule has 168 valence electrons. The van der Waals surface area contributed by atoms with Gasteiger partial charge in [-0.1, -0.05) is 12.1 Å². The number of benzene rings is 2. The Kier molecular flexibility index (Phi) is 6.06. The monoisotopic (exact) mass is 459 g/mol. The van der Waals surface area contributed by atoms with Crippen LogP contribution in [0.4, 0.5) is 36.4 Å². The number of hydrogen-bond acceptors (Lipinski definition) is 3. The zero-order valence-corrected chi connectivity index (χ0v) is 15.8. The second kappa shape index (κ2) is 8.44. The van der Waals surface area contributed by atoms with Crippen LogP contribution in [0.15, 0.2) is 59.4 Å². The topological polar surface area (TPSA) is 64.0 Å². The Balaban J connectivity index is 1.90. The molecule has 5 nitrogen and oxygen atoms in total. The minimum Gasteiger partial charge on any atom is -0.321 e. The van der Waals surface area contributed by atoms with Gasteiger partial charge in [-0.05, 0) is 42.0 Å². The van der Waals surface area contributed by atoms with E-state index in [0.717, 1.165) is 28.9 Å². The summed E-state index contributed by atoms with van der Waals surface area (Å²) >= 11 is 0. The van der Waals surface area contributed by atoms with Crippen molar-refractivity contribution in [3.8, 4) is 0 Å². The molecule has 0 aliphatic rings. The van der Waals surface area contributed by atoms with Gasteiger partial charge >= 0.3 is 12.4 Å². The van der Waals surface area contributed by atoms with E-state index in [4.69, 9.17) is 0 Å². The van der Waals surface area contributed by atoms with Crippen molar-refractivity contribution >= 4 is 11.6 Å². The Hall–Kier alpha value is -3.70. The number of nitrogens with one attached hydrogen (secondary N) is 1. The minimum atomic E-state index is -5.08. The molecule has 0 saturated carbocycles. The molecule has 0 aliphatic carbocycles. The number of carbonyl (C=O) groups excluding carboxylic acids is 1. The first-order valence-electron chi connectivity index (χ1n) is 8.76. The predicted octanol–water partition coefficient (Wildman–Crippen LogP) is 4.72. The van der Waals surface area contributed by atoms with Crippen molar-refractivity contribution < 1.29 is 35.5 Å². The Morgan fingerprint density at radius 3 is 1.97 bits per heavy atom. The maximum atomic E-state index is 13.0. The summed E-state index contributed by atoms with van der Waals surface area (Å²) in [4.78, 5) is 24.4. The predicted molar refractivity (Wildman–Crippen MR) is 98.4 cm³/mol. The molecule has 1 N–H and O–H groups in total. The normalized spacial score (nSPS) is 12.0.